The number of hydrogen-bond acceptors (Lipinski definition) is 5. The van der Waals surface area contributed by atoms with Crippen LogP contribution in [0.15, 0.2) is 41.4 Å². The van der Waals surface area contributed by atoms with Crippen molar-refractivity contribution in [2.24, 2.45) is 0 Å². The van der Waals surface area contributed by atoms with Gasteiger partial charge >= 0.3 is 0 Å². The Morgan fingerprint density at radius 3 is 2.95 bits per heavy atom. The lowest BCUT2D eigenvalue weighted by Gasteiger charge is -2.09. The molecule has 2 N–H and O–H groups in total. The van der Waals surface area contributed by atoms with Crippen LogP contribution in [0.1, 0.15) is 5.69 Å². The number of halogens is 1. The fraction of sp³-hybridized carbons (Fsp3) is 0.143. The summed E-state index contributed by atoms with van der Waals surface area (Å²) in [5.41, 5.74) is 2.58. The summed E-state index contributed by atoms with van der Waals surface area (Å²) in [5, 5.41) is 13.0. The number of aromatic hydroxyl groups is 1. The van der Waals surface area contributed by atoms with Gasteiger partial charge in [-0.1, -0.05) is 0 Å². The summed E-state index contributed by atoms with van der Waals surface area (Å²) in [6.45, 7) is 0.573. The molecule has 108 valence electrons. The minimum absolute atomic E-state index is 0.104. The average molecular weight is 349 g/mol. The van der Waals surface area contributed by atoms with Gasteiger partial charge in [-0.15, -0.1) is 0 Å². The molecule has 21 heavy (non-hydrogen) atoms. The summed E-state index contributed by atoms with van der Waals surface area (Å²) in [5.74, 6) is 0.554. The topological polar surface area (TPSA) is 71.7 Å². The molecule has 7 heteroatoms. The van der Waals surface area contributed by atoms with E-state index in [1.54, 1.807) is 24.5 Å². The zero-order chi connectivity index (χ0) is 14.8. The van der Waals surface area contributed by atoms with Crippen LogP contribution < -0.4 is 10.1 Å². The first-order valence-electron chi connectivity index (χ1n) is 6.26. The molecule has 0 aliphatic rings. The van der Waals surface area contributed by atoms with Gasteiger partial charge < -0.3 is 15.2 Å². The van der Waals surface area contributed by atoms with Gasteiger partial charge in [0, 0.05) is 18.0 Å². The fourth-order valence-corrected chi connectivity index (χ4v) is 2.35. The van der Waals surface area contributed by atoms with Crippen molar-refractivity contribution in [3.05, 3.63) is 47.1 Å². The van der Waals surface area contributed by atoms with Gasteiger partial charge in [-0.25, -0.2) is 9.97 Å². The van der Waals surface area contributed by atoms with E-state index in [4.69, 9.17) is 4.74 Å². The van der Waals surface area contributed by atoms with E-state index in [0.29, 0.717) is 12.3 Å². The van der Waals surface area contributed by atoms with Gasteiger partial charge in [-0.05, 0) is 28.1 Å². The van der Waals surface area contributed by atoms with Crippen molar-refractivity contribution in [2.75, 3.05) is 12.4 Å². The van der Waals surface area contributed by atoms with Crippen LogP contribution in [0.2, 0.25) is 0 Å². The van der Waals surface area contributed by atoms with Crippen molar-refractivity contribution >= 4 is 27.3 Å². The Bertz CT molecular complexity index is 788. The van der Waals surface area contributed by atoms with Gasteiger partial charge in [0.2, 0.25) is 0 Å². The number of rotatable bonds is 4. The highest BCUT2D eigenvalue weighted by molar-refractivity contribution is 9.10. The number of hydrogen-bond donors (Lipinski definition) is 2. The van der Waals surface area contributed by atoms with E-state index in [0.717, 1.165) is 21.6 Å². The van der Waals surface area contributed by atoms with E-state index in [1.165, 1.54) is 7.11 Å². The Morgan fingerprint density at radius 2 is 2.19 bits per heavy atom. The molecule has 0 saturated heterocycles. The smallest absolute Gasteiger partial charge is 0.160 e. The molecule has 2 aromatic heterocycles. The first-order chi connectivity index (χ1) is 10.2. The largest absolute Gasteiger partial charge is 0.504 e. The number of nitrogens with zero attached hydrogens (tertiary/aromatic N) is 3. The molecule has 0 aliphatic heterocycles. The zero-order valence-corrected chi connectivity index (χ0v) is 12.8. The number of nitrogens with one attached hydrogen (secondary N) is 1. The standard InChI is InChI=1S/C14H13BrN4O2/c1-21-12-3-2-9(4-11(12)20)16-5-10-6-18-14-7-17-13(15)8-19(10)14/h2-4,6-8,16,20H,5H2,1H3. The van der Waals surface area contributed by atoms with Gasteiger partial charge in [-0.3, -0.25) is 4.40 Å². The molecule has 1 aromatic carbocycles. The number of ether oxygens (including phenoxy) is 1. The second-order valence-corrected chi connectivity index (χ2v) is 5.24. The van der Waals surface area contributed by atoms with E-state index in [2.05, 4.69) is 31.2 Å². The summed E-state index contributed by atoms with van der Waals surface area (Å²) in [4.78, 5) is 8.42. The Kier molecular flexibility index (Phi) is 3.66. The van der Waals surface area contributed by atoms with Gasteiger partial charge in [0.1, 0.15) is 4.60 Å². The number of aromatic nitrogens is 3. The molecule has 0 spiro atoms. The van der Waals surface area contributed by atoms with Crippen molar-refractivity contribution in [3.8, 4) is 11.5 Å². The lowest BCUT2D eigenvalue weighted by molar-refractivity contribution is 0.373. The van der Waals surface area contributed by atoms with Crippen molar-refractivity contribution in [2.45, 2.75) is 6.54 Å². The number of benzene rings is 1. The Labute approximate surface area is 129 Å². The van der Waals surface area contributed by atoms with Crippen molar-refractivity contribution in [1.82, 2.24) is 14.4 Å². The Hall–Kier alpha value is -2.28. The van der Waals surface area contributed by atoms with Crippen LogP contribution in [0.4, 0.5) is 5.69 Å². The maximum Gasteiger partial charge on any atom is 0.160 e. The van der Waals surface area contributed by atoms with Crippen LogP contribution in [-0.2, 0) is 6.54 Å². The third-order valence-corrected chi connectivity index (χ3v) is 3.50. The third-order valence-electron chi connectivity index (χ3n) is 3.09. The molecule has 2 heterocycles. The van der Waals surface area contributed by atoms with Gasteiger partial charge in [-0.2, -0.15) is 0 Å². The lowest BCUT2D eigenvalue weighted by Crippen LogP contribution is -2.03. The van der Waals surface area contributed by atoms with Crippen LogP contribution in [0.25, 0.3) is 5.65 Å². The molecular weight excluding hydrogens is 336 g/mol. The van der Waals surface area contributed by atoms with E-state index in [-0.39, 0.29) is 5.75 Å². The fourth-order valence-electron chi connectivity index (χ4n) is 2.04. The van der Waals surface area contributed by atoms with Crippen molar-refractivity contribution in [3.63, 3.8) is 0 Å². The van der Waals surface area contributed by atoms with Crippen LogP contribution in [0.5, 0.6) is 11.5 Å². The van der Waals surface area contributed by atoms with E-state index >= 15 is 0 Å². The monoisotopic (exact) mass is 348 g/mol. The number of fused-ring (bicyclic) bond motifs is 1. The van der Waals surface area contributed by atoms with E-state index < -0.39 is 0 Å². The molecule has 6 nitrogen and oxygen atoms in total. The average Bonchev–Trinajstić information content (AvgIpc) is 2.87. The minimum atomic E-state index is 0.104. The quantitative estimate of drug-likeness (QED) is 0.758. The molecule has 0 amide bonds. The molecule has 0 saturated carbocycles. The molecule has 3 aromatic rings. The van der Waals surface area contributed by atoms with Crippen LogP contribution >= 0.6 is 15.9 Å². The summed E-state index contributed by atoms with van der Waals surface area (Å²) in [6.07, 6.45) is 5.36. The highest BCUT2D eigenvalue weighted by Gasteiger charge is 2.06. The molecule has 0 fully saturated rings. The Morgan fingerprint density at radius 1 is 1.33 bits per heavy atom. The van der Waals surface area contributed by atoms with Gasteiger partial charge in [0.15, 0.2) is 17.1 Å². The third kappa shape index (κ3) is 2.78. The number of methoxy groups -OCH3 is 1. The van der Waals surface area contributed by atoms with E-state index in [1.807, 2.05) is 16.7 Å². The second-order valence-electron chi connectivity index (χ2n) is 4.43. The molecule has 0 aliphatic carbocycles. The number of anilines is 1. The summed E-state index contributed by atoms with van der Waals surface area (Å²) >= 11 is 3.35. The Balaban J connectivity index is 1.80. The highest BCUT2D eigenvalue weighted by Crippen LogP contribution is 2.28. The lowest BCUT2D eigenvalue weighted by atomic mass is 10.2. The van der Waals surface area contributed by atoms with E-state index in [9.17, 15) is 5.11 Å². The predicted molar refractivity (Wildman–Crippen MR) is 82.7 cm³/mol. The molecular formula is C14H13BrN4O2. The van der Waals surface area contributed by atoms with Crippen LogP contribution in [0, 0.1) is 0 Å². The summed E-state index contributed by atoms with van der Waals surface area (Å²) in [7, 11) is 1.52. The SMILES string of the molecule is COc1ccc(NCc2cnc3cnc(Br)cn23)cc1O. The summed E-state index contributed by atoms with van der Waals surface area (Å²) in [6, 6.07) is 5.19. The van der Waals surface area contributed by atoms with Gasteiger partial charge in [0.05, 0.1) is 31.7 Å². The van der Waals surface area contributed by atoms with Gasteiger partial charge in [0.25, 0.3) is 0 Å². The number of imidazole rings is 1. The highest BCUT2D eigenvalue weighted by atomic mass is 79.9. The predicted octanol–water partition coefficient (Wildman–Crippen LogP) is 2.82. The number of phenols is 1. The second kappa shape index (κ2) is 5.61. The first-order valence-corrected chi connectivity index (χ1v) is 7.05. The first kappa shape index (κ1) is 13.7. The van der Waals surface area contributed by atoms with Crippen molar-refractivity contribution in [1.29, 1.82) is 0 Å². The van der Waals surface area contributed by atoms with Crippen molar-refractivity contribution < 1.29 is 9.84 Å². The normalized spacial score (nSPS) is 10.8. The number of phenolic OH excluding ortho intramolecular Hbond substituents is 1. The van der Waals surface area contributed by atoms with Crippen LogP contribution in [-0.4, -0.2) is 26.6 Å². The molecule has 0 bridgehead atoms. The maximum absolute atomic E-state index is 9.76. The maximum atomic E-state index is 9.76. The zero-order valence-electron chi connectivity index (χ0n) is 11.2. The van der Waals surface area contributed by atoms with Crippen LogP contribution in [0.3, 0.4) is 0 Å². The molecule has 3 rings (SSSR count). The molecule has 0 radical (unpaired) electrons. The minimum Gasteiger partial charge on any atom is -0.504 e. The molecule has 0 atom stereocenters. The molecule has 0 unspecified atom stereocenters. The summed E-state index contributed by atoms with van der Waals surface area (Å²) < 4.78 is 7.72.